The smallest absolute Gasteiger partial charge is 0.341 e. The molecule has 0 amide bonds. The third-order valence-electron chi connectivity index (χ3n) is 4.78. The standard InChI is InChI=1S/C20H17N3O6S2/c1-31(28,29)14-4-2-12(3-5-14)9-22-10-13(8-21-22)11-23-15-6-7-30-18(15)16(20(26)27)17(24)19(23)25/h2-8,10,24H,9,11H2,1H3,(H,26,27). The highest BCUT2D eigenvalue weighted by atomic mass is 32.2. The number of carboxylic acids is 1. The first-order valence-corrected chi connectivity index (χ1v) is 11.8. The number of nitrogens with zero attached hydrogens (tertiary/aromatic N) is 3. The minimum atomic E-state index is -3.26. The molecule has 0 spiro atoms. The van der Waals surface area contributed by atoms with E-state index in [0.29, 0.717) is 22.3 Å². The topological polar surface area (TPSA) is 131 Å². The maximum absolute atomic E-state index is 12.6. The number of hydrogen-bond acceptors (Lipinski definition) is 7. The molecule has 31 heavy (non-hydrogen) atoms. The number of sulfone groups is 1. The second-order valence-corrected chi connectivity index (χ2v) is 9.95. The Bertz CT molecular complexity index is 1460. The highest BCUT2D eigenvalue weighted by Crippen LogP contribution is 2.29. The van der Waals surface area contributed by atoms with Crippen molar-refractivity contribution in [2.75, 3.05) is 6.26 Å². The molecule has 2 N–H and O–H groups in total. The van der Waals surface area contributed by atoms with E-state index >= 15 is 0 Å². The normalized spacial score (nSPS) is 11.8. The molecule has 160 valence electrons. The number of benzene rings is 1. The number of carbonyl (C=O) groups is 1. The van der Waals surface area contributed by atoms with Crippen molar-refractivity contribution < 1.29 is 23.4 Å². The summed E-state index contributed by atoms with van der Waals surface area (Å²) in [4.78, 5) is 24.3. The Balaban J connectivity index is 1.62. The first kappa shape index (κ1) is 20.8. The van der Waals surface area contributed by atoms with Gasteiger partial charge in [-0.1, -0.05) is 12.1 Å². The highest BCUT2D eigenvalue weighted by molar-refractivity contribution is 7.90. The lowest BCUT2D eigenvalue weighted by Crippen LogP contribution is -2.22. The van der Waals surface area contributed by atoms with Gasteiger partial charge in [-0.15, -0.1) is 11.3 Å². The van der Waals surface area contributed by atoms with Crippen molar-refractivity contribution in [3.05, 3.63) is 75.1 Å². The van der Waals surface area contributed by atoms with Gasteiger partial charge in [0.25, 0.3) is 5.56 Å². The van der Waals surface area contributed by atoms with E-state index in [1.165, 1.54) is 16.7 Å². The van der Waals surface area contributed by atoms with E-state index in [1.54, 1.807) is 40.7 Å². The Labute approximate surface area is 180 Å². The summed E-state index contributed by atoms with van der Waals surface area (Å²) in [7, 11) is -3.26. The zero-order valence-electron chi connectivity index (χ0n) is 16.2. The molecule has 1 aromatic carbocycles. The SMILES string of the molecule is CS(=O)(=O)c1ccc(Cn2cc(Cn3c(=O)c(O)c(C(=O)O)c4sccc43)cn2)cc1. The Morgan fingerprint density at radius 1 is 1.13 bits per heavy atom. The quantitative estimate of drug-likeness (QED) is 0.452. The summed E-state index contributed by atoms with van der Waals surface area (Å²) in [6.07, 6.45) is 4.46. The van der Waals surface area contributed by atoms with Crippen LogP contribution >= 0.6 is 11.3 Å². The maximum Gasteiger partial charge on any atom is 0.341 e. The minimum absolute atomic E-state index is 0.104. The Morgan fingerprint density at radius 3 is 2.48 bits per heavy atom. The number of rotatable bonds is 6. The van der Waals surface area contributed by atoms with Crippen molar-refractivity contribution in [1.82, 2.24) is 14.3 Å². The van der Waals surface area contributed by atoms with E-state index in [0.717, 1.165) is 23.2 Å². The Morgan fingerprint density at radius 2 is 1.84 bits per heavy atom. The largest absolute Gasteiger partial charge is 0.502 e. The van der Waals surface area contributed by atoms with Crippen LogP contribution in [0.5, 0.6) is 5.75 Å². The molecule has 0 bridgehead atoms. The van der Waals surface area contributed by atoms with E-state index in [-0.39, 0.29) is 17.0 Å². The van der Waals surface area contributed by atoms with Crippen molar-refractivity contribution in [2.24, 2.45) is 0 Å². The van der Waals surface area contributed by atoms with Crippen LogP contribution in [0.1, 0.15) is 21.5 Å². The molecule has 0 aliphatic carbocycles. The molecule has 3 aromatic heterocycles. The zero-order chi connectivity index (χ0) is 22.3. The number of hydrogen-bond donors (Lipinski definition) is 2. The fourth-order valence-electron chi connectivity index (χ4n) is 3.30. The lowest BCUT2D eigenvalue weighted by molar-refractivity contribution is 0.0695. The van der Waals surface area contributed by atoms with Crippen LogP contribution in [0.15, 0.2) is 57.8 Å². The lowest BCUT2D eigenvalue weighted by atomic mass is 10.2. The van der Waals surface area contributed by atoms with Gasteiger partial charge in [0.2, 0.25) is 0 Å². The van der Waals surface area contributed by atoms with Gasteiger partial charge in [-0.2, -0.15) is 5.10 Å². The average molecular weight is 460 g/mol. The number of fused-ring (bicyclic) bond motifs is 1. The molecular weight excluding hydrogens is 442 g/mol. The first-order valence-electron chi connectivity index (χ1n) is 9.01. The van der Waals surface area contributed by atoms with Crippen LogP contribution in [0, 0.1) is 0 Å². The molecule has 4 rings (SSSR count). The van der Waals surface area contributed by atoms with Crippen LogP contribution in [0.2, 0.25) is 0 Å². The number of pyridine rings is 1. The van der Waals surface area contributed by atoms with E-state index in [9.17, 15) is 28.2 Å². The number of thiophene rings is 1. The van der Waals surface area contributed by atoms with Crippen LogP contribution in [-0.2, 0) is 22.9 Å². The van der Waals surface area contributed by atoms with Crippen molar-refractivity contribution in [3.8, 4) is 5.75 Å². The monoisotopic (exact) mass is 459 g/mol. The molecule has 0 saturated carbocycles. The molecule has 0 atom stereocenters. The maximum atomic E-state index is 12.6. The molecule has 0 saturated heterocycles. The van der Waals surface area contributed by atoms with Gasteiger partial charge in [-0.05, 0) is 29.1 Å². The van der Waals surface area contributed by atoms with Crippen molar-refractivity contribution >= 4 is 37.4 Å². The Kier molecular flexibility index (Phi) is 5.15. The molecule has 9 nitrogen and oxygen atoms in total. The number of carboxylic acid groups (broad SMARTS) is 1. The number of aromatic hydroxyl groups is 1. The van der Waals surface area contributed by atoms with Crippen LogP contribution in [0.25, 0.3) is 10.2 Å². The second kappa shape index (κ2) is 7.67. The van der Waals surface area contributed by atoms with Gasteiger partial charge in [0, 0.05) is 18.0 Å². The molecule has 0 radical (unpaired) electrons. The third kappa shape index (κ3) is 3.97. The van der Waals surface area contributed by atoms with Gasteiger partial charge >= 0.3 is 5.97 Å². The molecule has 4 aromatic rings. The van der Waals surface area contributed by atoms with Crippen molar-refractivity contribution in [3.63, 3.8) is 0 Å². The van der Waals surface area contributed by atoms with E-state index in [1.807, 2.05) is 0 Å². The third-order valence-corrected chi connectivity index (χ3v) is 6.83. The van der Waals surface area contributed by atoms with Crippen molar-refractivity contribution in [1.29, 1.82) is 0 Å². The number of aromatic nitrogens is 3. The van der Waals surface area contributed by atoms with Crippen LogP contribution in [0.4, 0.5) is 0 Å². The predicted molar refractivity (Wildman–Crippen MR) is 115 cm³/mol. The predicted octanol–water partition coefficient (Wildman–Crippen LogP) is 2.16. The molecule has 0 aliphatic rings. The van der Waals surface area contributed by atoms with E-state index < -0.39 is 27.1 Å². The summed E-state index contributed by atoms with van der Waals surface area (Å²) in [5.74, 6) is -2.15. The summed E-state index contributed by atoms with van der Waals surface area (Å²) in [6, 6.07) is 8.13. The highest BCUT2D eigenvalue weighted by Gasteiger charge is 2.22. The summed E-state index contributed by atoms with van der Waals surface area (Å²) in [6.45, 7) is 0.503. The van der Waals surface area contributed by atoms with E-state index in [4.69, 9.17) is 0 Å². The summed E-state index contributed by atoms with van der Waals surface area (Å²) in [5, 5.41) is 25.4. The zero-order valence-corrected chi connectivity index (χ0v) is 17.9. The van der Waals surface area contributed by atoms with Crippen molar-refractivity contribution in [2.45, 2.75) is 18.0 Å². The number of aromatic carboxylic acids is 1. The van der Waals surface area contributed by atoms with Gasteiger partial charge in [0.05, 0.1) is 34.4 Å². The fraction of sp³-hybridized carbons (Fsp3) is 0.150. The first-order chi connectivity index (χ1) is 14.6. The molecule has 0 fully saturated rings. The van der Waals surface area contributed by atoms with Gasteiger partial charge in [0.1, 0.15) is 5.56 Å². The molecular formula is C20H17N3O6S2. The molecule has 0 aliphatic heterocycles. The fourth-order valence-corrected chi connectivity index (χ4v) is 4.86. The van der Waals surface area contributed by atoms with Gasteiger partial charge in [-0.3, -0.25) is 14.0 Å². The Hall–Kier alpha value is -3.44. The molecule has 3 heterocycles. The lowest BCUT2D eigenvalue weighted by Gasteiger charge is -2.10. The second-order valence-electron chi connectivity index (χ2n) is 7.02. The minimum Gasteiger partial charge on any atom is -0.502 e. The molecule has 0 unspecified atom stereocenters. The van der Waals surface area contributed by atoms with Crippen LogP contribution in [0.3, 0.4) is 0 Å². The van der Waals surface area contributed by atoms with Gasteiger partial charge in [-0.25, -0.2) is 13.2 Å². The average Bonchev–Trinajstić information content (AvgIpc) is 3.34. The summed E-state index contributed by atoms with van der Waals surface area (Å²) >= 11 is 1.14. The van der Waals surface area contributed by atoms with Crippen LogP contribution < -0.4 is 5.56 Å². The van der Waals surface area contributed by atoms with E-state index in [2.05, 4.69) is 5.10 Å². The van der Waals surface area contributed by atoms with Crippen LogP contribution in [-0.4, -0.2) is 45.2 Å². The molecule has 11 heteroatoms. The summed E-state index contributed by atoms with van der Waals surface area (Å²) in [5.41, 5.74) is 0.786. The van der Waals surface area contributed by atoms with Gasteiger partial charge < -0.3 is 10.2 Å². The summed E-state index contributed by atoms with van der Waals surface area (Å²) < 4.78 is 26.4. The van der Waals surface area contributed by atoms with Gasteiger partial charge in [0.15, 0.2) is 15.6 Å².